The maximum atomic E-state index is 12.3. The molecule has 0 aliphatic rings. The molecule has 1 amide bonds. The SMILES string of the molecule is CCCn1cc(N)cc1C(=O)Nc1ccc(=O)n(CC)c1. The molecule has 0 saturated carbocycles. The van der Waals surface area contributed by atoms with Crippen molar-refractivity contribution in [3.63, 3.8) is 0 Å². The number of carbonyl (C=O) groups excluding carboxylic acids is 1. The molecule has 6 nitrogen and oxygen atoms in total. The summed E-state index contributed by atoms with van der Waals surface area (Å²) in [6, 6.07) is 4.70. The summed E-state index contributed by atoms with van der Waals surface area (Å²) in [5.74, 6) is -0.235. The maximum absolute atomic E-state index is 12.3. The number of nitrogen functional groups attached to an aromatic ring is 1. The van der Waals surface area contributed by atoms with E-state index in [0.29, 0.717) is 23.6 Å². The highest BCUT2D eigenvalue weighted by molar-refractivity contribution is 6.03. The highest BCUT2D eigenvalue weighted by Crippen LogP contribution is 2.14. The second-order valence-electron chi connectivity index (χ2n) is 4.85. The van der Waals surface area contributed by atoms with E-state index in [1.807, 2.05) is 18.4 Å². The largest absolute Gasteiger partial charge is 0.397 e. The number of hydrogen-bond donors (Lipinski definition) is 2. The van der Waals surface area contributed by atoms with Gasteiger partial charge in [0, 0.05) is 31.5 Å². The molecule has 2 rings (SSSR count). The van der Waals surface area contributed by atoms with Gasteiger partial charge in [-0.05, 0) is 25.5 Å². The molecule has 21 heavy (non-hydrogen) atoms. The number of nitrogens with two attached hydrogens (primary N) is 1. The summed E-state index contributed by atoms with van der Waals surface area (Å²) >= 11 is 0. The minimum atomic E-state index is -0.235. The number of aryl methyl sites for hydroxylation is 2. The summed E-state index contributed by atoms with van der Waals surface area (Å²) in [4.78, 5) is 23.9. The summed E-state index contributed by atoms with van der Waals surface area (Å²) in [6.45, 7) is 5.20. The van der Waals surface area contributed by atoms with Crippen molar-refractivity contribution in [3.8, 4) is 0 Å². The van der Waals surface area contributed by atoms with Gasteiger partial charge in [0.05, 0.1) is 11.4 Å². The van der Waals surface area contributed by atoms with Gasteiger partial charge in [-0.1, -0.05) is 6.92 Å². The van der Waals surface area contributed by atoms with Crippen molar-refractivity contribution in [2.45, 2.75) is 33.4 Å². The van der Waals surface area contributed by atoms with Crippen LogP contribution in [0.4, 0.5) is 11.4 Å². The van der Waals surface area contributed by atoms with Crippen LogP contribution >= 0.6 is 0 Å². The number of carbonyl (C=O) groups is 1. The fraction of sp³-hybridized carbons (Fsp3) is 0.333. The van der Waals surface area contributed by atoms with Crippen LogP contribution in [0.5, 0.6) is 0 Å². The molecule has 0 fully saturated rings. The summed E-state index contributed by atoms with van der Waals surface area (Å²) in [7, 11) is 0. The van der Waals surface area contributed by atoms with Crippen LogP contribution in [0, 0.1) is 0 Å². The lowest BCUT2D eigenvalue weighted by Crippen LogP contribution is -2.21. The van der Waals surface area contributed by atoms with E-state index in [1.165, 1.54) is 10.6 Å². The Hall–Kier alpha value is -2.50. The van der Waals surface area contributed by atoms with Crippen molar-refractivity contribution in [1.29, 1.82) is 0 Å². The van der Waals surface area contributed by atoms with E-state index in [4.69, 9.17) is 5.73 Å². The third kappa shape index (κ3) is 3.34. The number of nitrogens with one attached hydrogen (secondary N) is 1. The normalized spacial score (nSPS) is 10.6. The van der Waals surface area contributed by atoms with Gasteiger partial charge in [-0.3, -0.25) is 9.59 Å². The van der Waals surface area contributed by atoms with Gasteiger partial charge >= 0.3 is 0 Å². The van der Waals surface area contributed by atoms with E-state index in [-0.39, 0.29) is 11.5 Å². The summed E-state index contributed by atoms with van der Waals surface area (Å²) < 4.78 is 3.37. The molecule has 3 N–H and O–H groups in total. The second-order valence-corrected chi connectivity index (χ2v) is 4.85. The lowest BCUT2D eigenvalue weighted by Gasteiger charge is -2.10. The molecule has 0 bridgehead atoms. The lowest BCUT2D eigenvalue weighted by molar-refractivity contribution is 0.101. The zero-order valence-corrected chi connectivity index (χ0v) is 12.3. The molecular formula is C15H20N4O2. The highest BCUT2D eigenvalue weighted by Gasteiger charge is 2.13. The third-order valence-electron chi connectivity index (χ3n) is 3.20. The van der Waals surface area contributed by atoms with Gasteiger partial charge in [0.15, 0.2) is 0 Å². The molecule has 2 aromatic rings. The Morgan fingerprint density at radius 2 is 2.00 bits per heavy atom. The van der Waals surface area contributed by atoms with E-state index < -0.39 is 0 Å². The number of anilines is 2. The topological polar surface area (TPSA) is 82.1 Å². The summed E-state index contributed by atoms with van der Waals surface area (Å²) in [5.41, 5.74) is 7.34. The molecule has 0 atom stereocenters. The summed E-state index contributed by atoms with van der Waals surface area (Å²) in [5, 5.41) is 2.80. The van der Waals surface area contributed by atoms with Gasteiger partial charge in [-0.15, -0.1) is 0 Å². The Morgan fingerprint density at radius 1 is 1.24 bits per heavy atom. The van der Waals surface area contributed by atoms with Crippen molar-refractivity contribution in [2.24, 2.45) is 0 Å². The predicted octanol–water partition coefficient (Wildman–Crippen LogP) is 1.91. The van der Waals surface area contributed by atoms with Crippen LogP contribution in [0.2, 0.25) is 0 Å². The summed E-state index contributed by atoms with van der Waals surface area (Å²) in [6.07, 6.45) is 4.30. The van der Waals surface area contributed by atoms with Crippen molar-refractivity contribution >= 4 is 17.3 Å². The first-order chi connectivity index (χ1) is 10.0. The molecule has 0 aliphatic heterocycles. The molecule has 0 spiro atoms. The van der Waals surface area contributed by atoms with Crippen LogP contribution in [0.1, 0.15) is 30.8 Å². The minimum Gasteiger partial charge on any atom is -0.397 e. The average molecular weight is 288 g/mol. The van der Waals surface area contributed by atoms with Gasteiger partial charge < -0.3 is 20.2 Å². The van der Waals surface area contributed by atoms with E-state index in [0.717, 1.165) is 13.0 Å². The molecule has 0 aliphatic carbocycles. The Balaban J connectivity index is 2.23. The molecule has 0 saturated heterocycles. The van der Waals surface area contributed by atoms with Gasteiger partial charge in [-0.25, -0.2) is 0 Å². The van der Waals surface area contributed by atoms with Crippen molar-refractivity contribution in [3.05, 3.63) is 46.6 Å². The first kappa shape index (κ1) is 14.9. The quantitative estimate of drug-likeness (QED) is 0.881. The average Bonchev–Trinajstić information content (AvgIpc) is 2.82. The van der Waals surface area contributed by atoms with Gasteiger partial charge in [0.2, 0.25) is 0 Å². The fourth-order valence-corrected chi connectivity index (χ4v) is 2.20. The maximum Gasteiger partial charge on any atom is 0.272 e. The van der Waals surface area contributed by atoms with Crippen LogP contribution in [0.25, 0.3) is 0 Å². The first-order valence-electron chi connectivity index (χ1n) is 7.02. The Morgan fingerprint density at radius 3 is 2.67 bits per heavy atom. The van der Waals surface area contributed by atoms with E-state index in [2.05, 4.69) is 5.32 Å². The monoisotopic (exact) mass is 288 g/mol. The van der Waals surface area contributed by atoms with E-state index >= 15 is 0 Å². The van der Waals surface area contributed by atoms with Crippen molar-refractivity contribution in [1.82, 2.24) is 9.13 Å². The number of amides is 1. The molecule has 0 unspecified atom stereocenters. The third-order valence-corrected chi connectivity index (χ3v) is 3.20. The Bertz CT molecular complexity index is 700. The molecular weight excluding hydrogens is 268 g/mol. The molecule has 0 aromatic carbocycles. The minimum absolute atomic E-state index is 0.0888. The smallest absolute Gasteiger partial charge is 0.272 e. The number of pyridine rings is 1. The molecule has 2 aromatic heterocycles. The molecule has 6 heteroatoms. The Labute approximate surface area is 123 Å². The van der Waals surface area contributed by atoms with Crippen LogP contribution in [0.3, 0.4) is 0 Å². The van der Waals surface area contributed by atoms with Crippen LogP contribution in [-0.2, 0) is 13.1 Å². The zero-order valence-electron chi connectivity index (χ0n) is 12.3. The zero-order chi connectivity index (χ0) is 15.4. The van der Waals surface area contributed by atoms with E-state index in [1.54, 1.807) is 24.5 Å². The number of aromatic nitrogens is 2. The molecule has 0 radical (unpaired) electrons. The lowest BCUT2D eigenvalue weighted by atomic mass is 10.3. The van der Waals surface area contributed by atoms with Gasteiger partial charge in [0.1, 0.15) is 5.69 Å². The number of nitrogens with zero attached hydrogens (tertiary/aromatic N) is 2. The van der Waals surface area contributed by atoms with Gasteiger partial charge in [-0.2, -0.15) is 0 Å². The number of hydrogen-bond acceptors (Lipinski definition) is 3. The van der Waals surface area contributed by atoms with Gasteiger partial charge in [0.25, 0.3) is 11.5 Å². The fourth-order valence-electron chi connectivity index (χ4n) is 2.20. The molecule has 2 heterocycles. The first-order valence-corrected chi connectivity index (χ1v) is 7.02. The van der Waals surface area contributed by atoms with Crippen molar-refractivity contribution in [2.75, 3.05) is 11.1 Å². The second kappa shape index (κ2) is 6.30. The standard InChI is InChI=1S/C15H20N4O2/c1-3-7-19-9-11(16)8-13(19)15(21)17-12-5-6-14(20)18(4-2)10-12/h5-6,8-10H,3-4,7,16H2,1-2H3,(H,17,21). The highest BCUT2D eigenvalue weighted by atomic mass is 16.2. The van der Waals surface area contributed by atoms with Crippen LogP contribution < -0.4 is 16.6 Å². The Kier molecular flexibility index (Phi) is 4.47. The predicted molar refractivity (Wildman–Crippen MR) is 83.5 cm³/mol. The number of rotatable bonds is 5. The van der Waals surface area contributed by atoms with Crippen LogP contribution in [-0.4, -0.2) is 15.0 Å². The van der Waals surface area contributed by atoms with Crippen molar-refractivity contribution < 1.29 is 4.79 Å². The van der Waals surface area contributed by atoms with Crippen LogP contribution in [0.15, 0.2) is 35.4 Å². The van der Waals surface area contributed by atoms with E-state index in [9.17, 15) is 9.59 Å². The molecule has 112 valence electrons.